The van der Waals surface area contributed by atoms with Gasteiger partial charge in [0.15, 0.2) is 18.2 Å². The summed E-state index contributed by atoms with van der Waals surface area (Å²) in [6.07, 6.45) is 3.75. The standard InChI is InChI=1S/C30H34BrF2N5O3/c1-16(2)30(15-38-12-21(35-36-38)19-11-20(32)27(31)28(33)29(19)34)8-5-9-37(14-30)24(40)13-41-23-7-6-17(3)25-18(4)10-22(39)26(23)25/h6-7,11-12,16,18H,5,8-10,13-15,34H2,1-4H3. The van der Waals surface area contributed by atoms with Crippen LogP contribution >= 0.6 is 15.9 Å². The number of hydrogen-bond acceptors (Lipinski definition) is 6. The third-order valence-electron chi connectivity index (χ3n) is 8.72. The fourth-order valence-corrected chi connectivity index (χ4v) is 6.59. The Kier molecular flexibility index (Phi) is 7.93. The normalized spacial score (nSPS) is 20.5. The third kappa shape index (κ3) is 5.36. The van der Waals surface area contributed by atoms with Gasteiger partial charge in [0.2, 0.25) is 0 Å². The zero-order chi connectivity index (χ0) is 29.6. The highest BCUT2D eigenvalue weighted by atomic mass is 79.9. The van der Waals surface area contributed by atoms with Gasteiger partial charge in [-0.2, -0.15) is 0 Å². The van der Waals surface area contributed by atoms with E-state index in [4.69, 9.17) is 10.5 Å². The number of carbonyl (C=O) groups is 2. The lowest BCUT2D eigenvalue weighted by Gasteiger charge is -2.45. The van der Waals surface area contributed by atoms with Gasteiger partial charge in [0.05, 0.1) is 28.5 Å². The first-order chi connectivity index (χ1) is 19.4. The fraction of sp³-hybridized carbons (Fsp3) is 0.467. The SMILES string of the molecule is Cc1ccc(OCC(=O)N2CCCC(Cn3cc(-c4cc(F)c(Br)c(F)c4N)nn3)(C(C)C)C2)c2c1C(C)CC2=O. The minimum Gasteiger partial charge on any atom is -0.483 e. The molecule has 8 nitrogen and oxygen atoms in total. The molecule has 2 aromatic carbocycles. The van der Waals surface area contributed by atoms with Crippen molar-refractivity contribution in [3.8, 4) is 17.0 Å². The summed E-state index contributed by atoms with van der Waals surface area (Å²) in [5.41, 5.74) is 8.45. The summed E-state index contributed by atoms with van der Waals surface area (Å²) in [6.45, 7) is 9.66. The van der Waals surface area contributed by atoms with Crippen molar-refractivity contribution in [3.63, 3.8) is 0 Å². The average molecular weight is 631 g/mol. The number of anilines is 1. The zero-order valence-corrected chi connectivity index (χ0v) is 25.2. The van der Waals surface area contributed by atoms with E-state index in [-0.39, 0.29) is 57.0 Å². The molecule has 2 heterocycles. The number of hydrogen-bond donors (Lipinski definition) is 1. The van der Waals surface area contributed by atoms with Crippen LogP contribution in [0.3, 0.4) is 0 Å². The van der Waals surface area contributed by atoms with E-state index in [1.165, 1.54) is 0 Å². The number of nitrogen functional groups attached to an aromatic ring is 1. The van der Waals surface area contributed by atoms with Crippen LogP contribution in [0.1, 0.15) is 67.4 Å². The second-order valence-electron chi connectivity index (χ2n) is 11.7. The van der Waals surface area contributed by atoms with Gasteiger partial charge in [-0.3, -0.25) is 14.3 Å². The van der Waals surface area contributed by atoms with Gasteiger partial charge in [-0.1, -0.05) is 32.1 Å². The van der Waals surface area contributed by atoms with Gasteiger partial charge in [0.25, 0.3) is 5.91 Å². The maximum atomic E-state index is 14.4. The molecule has 2 atom stereocenters. The highest BCUT2D eigenvalue weighted by Crippen LogP contribution is 2.41. The summed E-state index contributed by atoms with van der Waals surface area (Å²) < 4.78 is 35.8. The molecular weight excluding hydrogens is 596 g/mol. The predicted octanol–water partition coefficient (Wildman–Crippen LogP) is 5.91. The lowest BCUT2D eigenvalue weighted by Crippen LogP contribution is -2.51. The molecule has 0 saturated carbocycles. The molecule has 41 heavy (non-hydrogen) atoms. The molecule has 1 aliphatic carbocycles. The maximum absolute atomic E-state index is 14.4. The van der Waals surface area contributed by atoms with Crippen molar-refractivity contribution in [1.29, 1.82) is 0 Å². The second kappa shape index (κ2) is 11.2. The highest BCUT2D eigenvalue weighted by molar-refractivity contribution is 9.10. The molecule has 218 valence electrons. The quantitative estimate of drug-likeness (QED) is 0.257. The molecule has 1 aromatic heterocycles. The number of nitrogens with zero attached hydrogens (tertiary/aromatic N) is 4. The van der Waals surface area contributed by atoms with E-state index in [2.05, 4.69) is 40.1 Å². The molecule has 0 spiro atoms. The molecule has 2 N–H and O–H groups in total. The van der Waals surface area contributed by atoms with Gasteiger partial charge in [-0.25, -0.2) is 8.78 Å². The summed E-state index contributed by atoms with van der Waals surface area (Å²) in [5, 5.41) is 8.37. The number of likely N-dealkylation sites (tertiary alicyclic amines) is 1. The Bertz CT molecular complexity index is 1520. The van der Waals surface area contributed by atoms with Crippen molar-refractivity contribution >= 4 is 33.3 Å². The van der Waals surface area contributed by atoms with Crippen LogP contribution in [0.4, 0.5) is 14.5 Å². The Balaban J connectivity index is 1.31. The number of ether oxygens (including phenoxy) is 1. The van der Waals surface area contributed by atoms with Gasteiger partial charge in [-0.05, 0) is 70.8 Å². The van der Waals surface area contributed by atoms with Gasteiger partial charge in [-0.15, -0.1) is 5.10 Å². The number of halogens is 3. The van der Waals surface area contributed by atoms with Gasteiger partial charge in [0.1, 0.15) is 17.3 Å². The van der Waals surface area contributed by atoms with E-state index in [1.54, 1.807) is 16.9 Å². The highest BCUT2D eigenvalue weighted by Gasteiger charge is 2.41. The summed E-state index contributed by atoms with van der Waals surface area (Å²) in [7, 11) is 0. The number of Topliss-reactive ketones (excluding diaryl/α,β-unsaturated/α-hetero) is 1. The number of rotatable bonds is 7. The van der Waals surface area contributed by atoms with Gasteiger partial charge in [0, 0.05) is 30.5 Å². The Morgan fingerprint density at radius 1 is 1.32 bits per heavy atom. The molecule has 1 fully saturated rings. The largest absolute Gasteiger partial charge is 0.483 e. The number of fused-ring (bicyclic) bond motifs is 1. The Morgan fingerprint density at radius 3 is 2.80 bits per heavy atom. The summed E-state index contributed by atoms with van der Waals surface area (Å²) in [6, 6.07) is 4.85. The van der Waals surface area contributed by atoms with E-state index >= 15 is 0 Å². The van der Waals surface area contributed by atoms with Crippen molar-refractivity contribution in [2.24, 2.45) is 11.3 Å². The number of benzene rings is 2. The Morgan fingerprint density at radius 2 is 2.07 bits per heavy atom. The summed E-state index contributed by atoms with van der Waals surface area (Å²) in [4.78, 5) is 27.8. The molecule has 2 aliphatic rings. The minimum absolute atomic E-state index is 0.0537. The van der Waals surface area contributed by atoms with Crippen molar-refractivity contribution in [1.82, 2.24) is 19.9 Å². The number of amides is 1. The van der Waals surface area contributed by atoms with Crippen LogP contribution in [0.25, 0.3) is 11.3 Å². The first kappa shape index (κ1) is 29.2. The van der Waals surface area contributed by atoms with E-state index in [1.807, 2.05) is 24.8 Å². The van der Waals surface area contributed by atoms with Crippen molar-refractivity contribution < 1.29 is 23.1 Å². The lowest BCUT2D eigenvalue weighted by atomic mass is 9.71. The maximum Gasteiger partial charge on any atom is 0.260 e. The number of carbonyl (C=O) groups excluding carboxylic acids is 2. The van der Waals surface area contributed by atoms with Crippen molar-refractivity contribution in [2.45, 2.75) is 59.4 Å². The number of nitrogens with two attached hydrogens (primary N) is 1. The van der Waals surface area contributed by atoms with E-state index in [0.29, 0.717) is 37.4 Å². The van der Waals surface area contributed by atoms with Crippen LogP contribution in [0.15, 0.2) is 28.9 Å². The lowest BCUT2D eigenvalue weighted by molar-refractivity contribution is -0.138. The zero-order valence-electron chi connectivity index (χ0n) is 23.6. The topological polar surface area (TPSA) is 103 Å². The summed E-state index contributed by atoms with van der Waals surface area (Å²) >= 11 is 2.87. The molecule has 0 bridgehead atoms. The van der Waals surface area contributed by atoms with E-state index in [9.17, 15) is 18.4 Å². The van der Waals surface area contributed by atoms with Crippen LogP contribution in [-0.4, -0.2) is 51.3 Å². The molecule has 1 saturated heterocycles. The molecular formula is C30H34BrF2N5O3. The number of aryl methyl sites for hydroxylation is 1. The minimum atomic E-state index is -0.883. The Labute approximate surface area is 246 Å². The Hall–Kier alpha value is -3.34. The molecule has 11 heteroatoms. The molecule has 2 unspecified atom stereocenters. The van der Waals surface area contributed by atoms with Gasteiger partial charge < -0.3 is 15.4 Å². The molecule has 3 aromatic rings. The van der Waals surface area contributed by atoms with Crippen LogP contribution < -0.4 is 10.5 Å². The van der Waals surface area contributed by atoms with Crippen LogP contribution in [0.5, 0.6) is 5.75 Å². The predicted molar refractivity (Wildman–Crippen MR) is 155 cm³/mol. The van der Waals surface area contributed by atoms with Crippen molar-refractivity contribution in [2.75, 3.05) is 25.4 Å². The second-order valence-corrected chi connectivity index (χ2v) is 12.5. The van der Waals surface area contributed by atoms with E-state index in [0.717, 1.165) is 30.0 Å². The first-order valence-corrected chi connectivity index (χ1v) is 14.6. The van der Waals surface area contributed by atoms with Crippen molar-refractivity contribution in [3.05, 3.63) is 57.2 Å². The van der Waals surface area contributed by atoms with E-state index < -0.39 is 11.6 Å². The average Bonchev–Trinajstić information content (AvgIpc) is 3.52. The molecule has 1 amide bonds. The van der Waals surface area contributed by atoms with Crippen LogP contribution in [-0.2, 0) is 11.3 Å². The molecule has 1 aliphatic heterocycles. The number of piperidine rings is 1. The summed E-state index contributed by atoms with van der Waals surface area (Å²) in [5.74, 6) is -0.951. The number of aromatic nitrogens is 3. The molecule has 0 radical (unpaired) electrons. The smallest absolute Gasteiger partial charge is 0.260 e. The van der Waals surface area contributed by atoms with Gasteiger partial charge >= 0.3 is 0 Å². The first-order valence-electron chi connectivity index (χ1n) is 13.8. The monoisotopic (exact) mass is 629 g/mol. The third-order valence-corrected chi connectivity index (χ3v) is 9.44. The number of ketones is 1. The molecule has 5 rings (SSSR count). The fourth-order valence-electron chi connectivity index (χ4n) is 6.26. The van der Waals surface area contributed by atoms with Crippen LogP contribution in [0, 0.1) is 29.9 Å². The van der Waals surface area contributed by atoms with Crippen LogP contribution in [0.2, 0.25) is 0 Å².